The van der Waals surface area contributed by atoms with Gasteiger partial charge < -0.3 is 4.74 Å². The van der Waals surface area contributed by atoms with Gasteiger partial charge in [-0.15, -0.1) is 11.3 Å². The van der Waals surface area contributed by atoms with Crippen LogP contribution in [0.25, 0.3) is 0 Å². The maximum absolute atomic E-state index is 12.3. The Morgan fingerprint density at radius 2 is 2.05 bits per heavy atom. The van der Waals surface area contributed by atoms with Gasteiger partial charge in [0.2, 0.25) is 0 Å². The first-order valence-electron chi connectivity index (χ1n) is 5.04. The van der Waals surface area contributed by atoms with Crippen LogP contribution in [0.3, 0.4) is 0 Å². The molecule has 0 spiro atoms. The van der Waals surface area contributed by atoms with Crippen LogP contribution in [0.15, 0.2) is 36.0 Å². The number of alkyl halides is 3. The highest BCUT2D eigenvalue weighted by atomic mass is 32.2. The minimum absolute atomic E-state index is 0.122. The van der Waals surface area contributed by atoms with Gasteiger partial charge in [-0.05, 0) is 23.6 Å². The van der Waals surface area contributed by atoms with E-state index in [1.165, 1.54) is 16.1 Å². The summed E-state index contributed by atoms with van der Waals surface area (Å²) in [5.41, 5.74) is -5.75. The summed E-state index contributed by atoms with van der Waals surface area (Å²) >= 11 is 1.20. The van der Waals surface area contributed by atoms with Gasteiger partial charge in [0.15, 0.2) is 10.8 Å². The SMILES string of the molecule is O=S(=O)(Nc1ccncc1Oc1cccs1)C(F)(F)F. The van der Waals surface area contributed by atoms with Gasteiger partial charge in [0, 0.05) is 6.20 Å². The molecule has 108 valence electrons. The second kappa shape index (κ2) is 5.29. The Morgan fingerprint density at radius 3 is 2.65 bits per heavy atom. The number of nitrogens with one attached hydrogen (secondary N) is 1. The van der Waals surface area contributed by atoms with E-state index in [9.17, 15) is 21.6 Å². The molecule has 0 saturated carbocycles. The average Bonchev–Trinajstić information content (AvgIpc) is 2.82. The van der Waals surface area contributed by atoms with E-state index >= 15 is 0 Å². The molecule has 1 N–H and O–H groups in total. The molecular weight excluding hydrogens is 317 g/mol. The van der Waals surface area contributed by atoms with E-state index in [4.69, 9.17) is 4.74 Å². The molecule has 2 rings (SSSR count). The largest absolute Gasteiger partial charge is 0.516 e. The smallest absolute Gasteiger partial charge is 0.443 e. The molecule has 0 atom stereocenters. The third-order valence-corrected chi connectivity index (χ3v) is 3.88. The number of hydrogen-bond acceptors (Lipinski definition) is 5. The normalized spacial score (nSPS) is 12.2. The number of pyridine rings is 1. The molecule has 10 heteroatoms. The van der Waals surface area contributed by atoms with E-state index in [0.717, 1.165) is 18.5 Å². The second-order valence-corrected chi connectivity index (χ2v) is 6.04. The highest BCUT2D eigenvalue weighted by Gasteiger charge is 2.46. The first kappa shape index (κ1) is 14.6. The molecule has 2 aromatic heterocycles. The molecule has 0 bridgehead atoms. The standard InChI is InChI=1S/C10H7F3N2O3S2/c11-10(12,13)20(16,17)15-7-3-4-14-6-8(7)18-9-2-1-5-19-9/h1-6H,(H,14,15). The number of halogens is 3. The molecule has 2 aromatic rings. The molecule has 0 aliphatic carbocycles. The van der Waals surface area contributed by atoms with Crippen LogP contribution in [0, 0.1) is 0 Å². The fourth-order valence-electron chi connectivity index (χ4n) is 1.18. The van der Waals surface area contributed by atoms with Gasteiger partial charge in [-0.2, -0.15) is 21.6 Å². The van der Waals surface area contributed by atoms with Crippen molar-refractivity contribution in [1.82, 2.24) is 4.98 Å². The van der Waals surface area contributed by atoms with Crippen molar-refractivity contribution in [3.63, 3.8) is 0 Å². The molecule has 0 aliphatic rings. The average molecular weight is 324 g/mol. The lowest BCUT2D eigenvalue weighted by Crippen LogP contribution is -2.30. The number of nitrogens with zero attached hydrogens (tertiary/aromatic N) is 1. The number of thiophene rings is 1. The Labute approximate surface area is 116 Å². The lowest BCUT2D eigenvalue weighted by atomic mass is 10.4. The topological polar surface area (TPSA) is 68.3 Å². The Kier molecular flexibility index (Phi) is 3.86. The fraction of sp³-hybridized carbons (Fsp3) is 0.100. The number of ether oxygens (including phenoxy) is 1. The summed E-state index contributed by atoms with van der Waals surface area (Å²) in [4.78, 5) is 3.68. The zero-order chi connectivity index (χ0) is 14.8. The lowest BCUT2D eigenvalue weighted by molar-refractivity contribution is -0.0429. The van der Waals surface area contributed by atoms with E-state index in [1.54, 1.807) is 17.5 Å². The van der Waals surface area contributed by atoms with E-state index < -0.39 is 15.5 Å². The van der Waals surface area contributed by atoms with E-state index in [0.29, 0.717) is 5.06 Å². The summed E-state index contributed by atoms with van der Waals surface area (Å²) < 4.78 is 65.8. The van der Waals surface area contributed by atoms with E-state index in [2.05, 4.69) is 4.98 Å². The van der Waals surface area contributed by atoms with Gasteiger partial charge in [0.1, 0.15) is 0 Å². The monoisotopic (exact) mass is 324 g/mol. The minimum Gasteiger partial charge on any atom is -0.443 e. The predicted molar refractivity (Wildman–Crippen MR) is 67.2 cm³/mol. The van der Waals surface area contributed by atoms with Crippen LogP contribution in [0.2, 0.25) is 0 Å². The van der Waals surface area contributed by atoms with Crippen LogP contribution in [0.5, 0.6) is 10.8 Å². The van der Waals surface area contributed by atoms with Crippen molar-refractivity contribution in [2.45, 2.75) is 5.51 Å². The highest BCUT2D eigenvalue weighted by Crippen LogP contribution is 2.33. The molecular formula is C10H7F3N2O3S2. The molecule has 0 fully saturated rings. The van der Waals surface area contributed by atoms with Crippen molar-refractivity contribution in [3.05, 3.63) is 36.0 Å². The molecule has 0 saturated heterocycles. The maximum Gasteiger partial charge on any atom is 0.516 e. The summed E-state index contributed by atoms with van der Waals surface area (Å²) in [7, 11) is -5.51. The zero-order valence-corrected chi connectivity index (χ0v) is 11.2. The second-order valence-electron chi connectivity index (χ2n) is 3.46. The Hall–Kier alpha value is -1.81. The number of sulfonamides is 1. The van der Waals surface area contributed by atoms with Crippen molar-refractivity contribution in [2.24, 2.45) is 0 Å². The van der Waals surface area contributed by atoms with Crippen LogP contribution in [0.4, 0.5) is 18.9 Å². The molecule has 2 heterocycles. The van der Waals surface area contributed by atoms with Crippen molar-refractivity contribution >= 4 is 27.0 Å². The summed E-state index contributed by atoms with van der Waals surface area (Å²) in [5, 5.41) is 2.09. The van der Waals surface area contributed by atoms with Gasteiger partial charge in [0.25, 0.3) is 0 Å². The number of hydrogen-bond donors (Lipinski definition) is 1. The summed E-state index contributed by atoms with van der Waals surface area (Å²) in [5.74, 6) is -0.122. The van der Waals surface area contributed by atoms with Crippen LogP contribution < -0.4 is 9.46 Å². The van der Waals surface area contributed by atoms with Crippen LogP contribution in [-0.2, 0) is 10.0 Å². The Morgan fingerprint density at radius 1 is 1.30 bits per heavy atom. The molecule has 20 heavy (non-hydrogen) atoms. The minimum atomic E-state index is -5.51. The fourth-order valence-corrected chi connectivity index (χ4v) is 2.34. The highest BCUT2D eigenvalue weighted by molar-refractivity contribution is 7.93. The third-order valence-electron chi connectivity index (χ3n) is 2.04. The van der Waals surface area contributed by atoms with Crippen LogP contribution in [0.1, 0.15) is 0 Å². The van der Waals surface area contributed by atoms with Gasteiger partial charge in [-0.1, -0.05) is 0 Å². The van der Waals surface area contributed by atoms with E-state index in [-0.39, 0.29) is 11.4 Å². The molecule has 0 radical (unpaired) electrons. The first-order chi connectivity index (χ1) is 9.29. The van der Waals surface area contributed by atoms with Crippen LogP contribution >= 0.6 is 11.3 Å². The van der Waals surface area contributed by atoms with Crippen molar-refractivity contribution in [1.29, 1.82) is 0 Å². The van der Waals surface area contributed by atoms with Gasteiger partial charge in [0.05, 0.1) is 11.9 Å². The first-order valence-corrected chi connectivity index (χ1v) is 7.40. The predicted octanol–water partition coefficient (Wildman–Crippen LogP) is 3.20. The zero-order valence-electron chi connectivity index (χ0n) is 9.59. The summed E-state index contributed by atoms with van der Waals surface area (Å²) in [6.45, 7) is 0. The van der Waals surface area contributed by atoms with Crippen molar-refractivity contribution < 1.29 is 26.3 Å². The van der Waals surface area contributed by atoms with E-state index in [1.807, 2.05) is 0 Å². The lowest BCUT2D eigenvalue weighted by Gasteiger charge is -2.13. The number of anilines is 1. The number of aromatic nitrogens is 1. The molecule has 0 aliphatic heterocycles. The van der Waals surface area contributed by atoms with Gasteiger partial charge in [-0.25, -0.2) is 0 Å². The van der Waals surface area contributed by atoms with Gasteiger partial charge >= 0.3 is 15.5 Å². The van der Waals surface area contributed by atoms with Gasteiger partial charge in [-0.3, -0.25) is 9.71 Å². The molecule has 0 unspecified atom stereocenters. The third kappa shape index (κ3) is 3.20. The summed E-state index contributed by atoms with van der Waals surface area (Å²) in [6.07, 6.45) is 2.27. The molecule has 5 nitrogen and oxygen atoms in total. The van der Waals surface area contributed by atoms with Crippen molar-refractivity contribution in [2.75, 3.05) is 4.72 Å². The Bertz CT molecular complexity index is 684. The summed E-state index contributed by atoms with van der Waals surface area (Å²) in [6, 6.07) is 4.34. The van der Waals surface area contributed by atoms with Crippen LogP contribution in [-0.4, -0.2) is 18.9 Å². The molecule has 0 aromatic carbocycles. The Balaban J connectivity index is 2.29. The quantitative estimate of drug-likeness (QED) is 0.938. The van der Waals surface area contributed by atoms with Crippen molar-refractivity contribution in [3.8, 4) is 10.8 Å². The molecule has 0 amide bonds. The maximum atomic E-state index is 12.3. The number of rotatable bonds is 4.